The number of ether oxygens (including phenoxy) is 1. The molecule has 0 atom stereocenters. The fourth-order valence-electron chi connectivity index (χ4n) is 1.38. The molecule has 2 amide bonds. The van der Waals surface area contributed by atoms with E-state index in [0.717, 1.165) is 0 Å². The average molecular weight is 196 g/mol. The van der Waals surface area contributed by atoms with Gasteiger partial charge < -0.3 is 14.5 Å². The Morgan fingerprint density at radius 3 is 2.71 bits per heavy atom. The summed E-state index contributed by atoms with van der Waals surface area (Å²) in [5, 5.41) is 0. The van der Waals surface area contributed by atoms with E-state index in [1.807, 2.05) is 6.92 Å². The third-order valence-electron chi connectivity index (χ3n) is 2.22. The SMILES string of the molecule is C#CCN(CC)C(=O)N1CCOCC1. The van der Waals surface area contributed by atoms with Crippen LogP contribution in [0.4, 0.5) is 4.79 Å². The van der Waals surface area contributed by atoms with Crippen molar-refractivity contribution in [3.8, 4) is 12.3 Å². The highest BCUT2D eigenvalue weighted by molar-refractivity contribution is 5.74. The molecule has 0 aromatic heterocycles. The number of amides is 2. The monoisotopic (exact) mass is 196 g/mol. The standard InChI is InChI=1S/C10H16N2O2/c1-3-5-11(4-2)10(13)12-6-8-14-9-7-12/h1H,4-9H2,2H3. The summed E-state index contributed by atoms with van der Waals surface area (Å²) in [5.41, 5.74) is 0. The molecule has 1 saturated heterocycles. The van der Waals surface area contributed by atoms with Gasteiger partial charge in [0.15, 0.2) is 0 Å². The zero-order valence-corrected chi connectivity index (χ0v) is 8.53. The molecule has 1 fully saturated rings. The van der Waals surface area contributed by atoms with Crippen molar-refractivity contribution in [3.63, 3.8) is 0 Å². The van der Waals surface area contributed by atoms with Crippen LogP contribution in [0.25, 0.3) is 0 Å². The number of carbonyl (C=O) groups is 1. The molecule has 0 aromatic rings. The van der Waals surface area contributed by atoms with E-state index in [9.17, 15) is 4.79 Å². The van der Waals surface area contributed by atoms with Crippen LogP contribution in [0.15, 0.2) is 0 Å². The van der Waals surface area contributed by atoms with Gasteiger partial charge in [-0.05, 0) is 6.92 Å². The number of urea groups is 1. The number of hydrogen-bond acceptors (Lipinski definition) is 2. The molecule has 78 valence electrons. The summed E-state index contributed by atoms with van der Waals surface area (Å²) < 4.78 is 5.17. The summed E-state index contributed by atoms with van der Waals surface area (Å²) in [7, 11) is 0. The van der Waals surface area contributed by atoms with E-state index in [-0.39, 0.29) is 6.03 Å². The molecule has 14 heavy (non-hydrogen) atoms. The van der Waals surface area contributed by atoms with Gasteiger partial charge >= 0.3 is 6.03 Å². The number of terminal acetylenes is 1. The van der Waals surface area contributed by atoms with E-state index in [1.165, 1.54) is 0 Å². The second-order valence-corrected chi connectivity index (χ2v) is 3.10. The van der Waals surface area contributed by atoms with Crippen molar-refractivity contribution in [1.82, 2.24) is 9.80 Å². The molecule has 1 aliphatic heterocycles. The molecule has 1 heterocycles. The normalized spacial score (nSPS) is 16.1. The predicted octanol–water partition coefficient (Wildman–Crippen LogP) is 0.394. The number of carbonyl (C=O) groups excluding carboxylic acids is 1. The van der Waals surface area contributed by atoms with Gasteiger partial charge in [-0.25, -0.2) is 4.79 Å². The molecular weight excluding hydrogens is 180 g/mol. The zero-order chi connectivity index (χ0) is 10.4. The Hall–Kier alpha value is -1.21. The molecule has 0 aliphatic carbocycles. The van der Waals surface area contributed by atoms with Gasteiger partial charge in [-0.15, -0.1) is 6.42 Å². The maximum absolute atomic E-state index is 11.8. The van der Waals surface area contributed by atoms with Gasteiger partial charge in [0, 0.05) is 19.6 Å². The maximum Gasteiger partial charge on any atom is 0.320 e. The van der Waals surface area contributed by atoms with Crippen LogP contribution in [0.2, 0.25) is 0 Å². The first-order chi connectivity index (χ1) is 6.79. The van der Waals surface area contributed by atoms with Gasteiger partial charge in [0.1, 0.15) is 0 Å². The molecule has 0 bridgehead atoms. The maximum atomic E-state index is 11.8. The number of nitrogens with zero attached hydrogens (tertiary/aromatic N) is 2. The minimum Gasteiger partial charge on any atom is -0.378 e. The van der Waals surface area contributed by atoms with Crippen LogP contribution in [-0.2, 0) is 4.74 Å². The third-order valence-corrected chi connectivity index (χ3v) is 2.22. The molecule has 4 heteroatoms. The van der Waals surface area contributed by atoms with Gasteiger partial charge in [0.2, 0.25) is 0 Å². The lowest BCUT2D eigenvalue weighted by Crippen LogP contribution is -2.48. The van der Waals surface area contributed by atoms with Crippen LogP contribution in [0, 0.1) is 12.3 Å². The lowest BCUT2D eigenvalue weighted by molar-refractivity contribution is 0.0447. The second kappa shape index (κ2) is 5.51. The minimum absolute atomic E-state index is 0.0220. The Morgan fingerprint density at radius 1 is 1.57 bits per heavy atom. The molecule has 4 nitrogen and oxygen atoms in total. The van der Waals surface area contributed by atoms with Crippen molar-refractivity contribution < 1.29 is 9.53 Å². The summed E-state index contributed by atoms with van der Waals surface area (Å²) in [6, 6.07) is 0.0220. The summed E-state index contributed by atoms with van der Waals surface area (Å²) in [6.07, 6.45) is 5.19. The predicted molar refractivity (Wildman–Crippen MR) is 53.9 cm³/mol. The zero-order valence-electron chi connectivity index (χ0n) is 8.53. The molecule has 0 radical (unpaired) electrons. The molecule has 1 aliphatic rings. The molecular formula is C10H16N2O2. The first-order valence-corrected chi connectivity index (χ1v) is 4.84. The summed E-state index contributed by atoms with van der Waals surface area (Å²) in [5.74, 6) is 2.49. The number of rotatable bonds is 2. The Kier molecular flexibility index (Phi) is 4.27. The first kappa shape index (κ1) is 10.9. The molecule has 0 unspecified atom stereocenters. The lowest BCUT2D eigenvalue weighted by Gasteiger charge is -2.31. The van der Waals surface area contributed by atoms with E-state index in [1.54, 1.807) is 9.80 Å². The lowest BCUT2D eigenvalue weighted by atomic mass is 10.4. The Balaban J connectivity index is 2.48. The van der Waals surface area contributed by atoms with E-state index in [0.29, 0.717) is 39.4 Å². The van der Waals surface area contributed by atoms with Gasteiger partial charge in [0.25, 0.3) is 0 Å². The summed E-state index contributed by atoms with van der Waals surface area (Å²) >= 11 is 0. The fourth-order valence-corrected chi connectivity index (χ4v) is 1.38. The third kappa shape index (κ3) is 2.64. The highest BCUT2D eigenvalue weighted by atomic mass is 16.5. The van der Waals surface area contributed by atoms with Crippen molar-refractivity contribution in [2.45, 2.75) is 6.92 Å². The van der Waals surface area contributed by atoms with Crippen molar-refractivity contribution >= 4 is 6.03 Å². The molecule has 0 saturated carbocycles. The average Bonchev–Trinajstić information content (AvgIpc) is 2.26. The highest BCUT2D eigenvalue weighted by Gasteiger charge is 2.20. The van der Waals surface area contributed by atoms with E-state index in [4.69, 9.17) is 11.2 Å². The summed E-state index contributed by atoms with van der Waals surface area (Å²) in [6.45, 7) is 5.54. The van der Waals surface area contributed by atoms with E-state index in [2.05, 4.69) is 5.92 Å². The van der Waals surface area contributed by atoms with Crippen LogP contribution < -0.4 is 0 Å². The van der Waals surface area contributed by atoms with Crippen LogP contribution in [0.1, 0.15) is 6.92 Å². The topological polar surface area (TPSA) is 32.8 Å². The summed E-state index contributed by atoms with van der Waals surface area (Å²) in [4.78, 5) is 15.3. The Bertz CT molecular complexity index is 229. The largest absolute Gasteiger partial charge is 0.378 e. The molecule has 0 aromatic carbocycles. The van der Waals surface area contributed by atoms with Gasteiger partial charge in [-0.2, -0.15) is 0 Å². The molecule has 0 spiro atoms. The number of morpholine rings is 1. The highest BCUT2D eigenvalue weighted by Crippen LogP contribution is 2.02. The first-order valence-electron chi connectivity index (χ1n) is 4.84. The van der Waals surface area contributed by atoms with Crippen LogP contribution in [0.5, 0.6) is 0 Å². The van der Waals surface area contributed by atoms with Crippen molar-refractivity contribution in [1.29, 1.82) is 0 Å². The fraction of sp³-hybridized carbons (Fsp3) is 0.700. The van der Waals surface area contributed by atoms with Crippen molar-refractivity contribution in [3.05, 3.63) is 0 Å². The smallest absolute Gasteiger partial charge is 0.320 e. The Labute approximate surface area is 84.8 Å². The van der Waals surface area contributed by atoms with Gasteiger partial charge in [-0.3, -0.25) is 0 Å². The quantitative estimate of drug-likeness (QED) is 0.599. The van der Waals surface area contributed by atoms with Crippen LogP contribution in [0.3, 0.4) is 0 Å². The van der Waals surface area contributed by atoms with Crippen LogP contribution >= 0.6 is 0 Å². The molecule has 1 rings (SSSR count). The number of hydrogen-bond donors (Lipinski definition) is 0. The van der Waals surface area contributed by atoms with Crippen molar-refractivity contribution in [2.24, 2.45) is 0 Å². The minimum atomic E-state index is 0.0220. The van der Waals surface area contributed by atoms with Gasteiger partial charge in [-0.1, -0.05) is 5.92 Å². The van der Waals surface area contributed by atoms with E-state index < -0.39 is 0 Å². The van der Waals surface area contributed by atoms with Gasteiger partial charge in [0.05, 0.1) is 19.8 Å². The van der Waals surface area contributed by atoms with E-state index >= 15 is 0 Å². The molecule has 0 N–H and O–H groups in total. The van der Waals surface area contributed by atoms with Crippen molar-refractivity contribution in [2.75, 3.05) is 39.4 Å². The second-order valence-electron chi connectivity index (χ2n) is 3.10. The Morgan fingerprint density at radius 2 is 2.21 bits per heavy atom. The van der Waals surface area contributed by atoms with Crippen LogP contribution in [-0.4, -0.2) is 55.2 Å².